The first-order chi connectivity index (χ1) is 6.04. The van der Waals surface area contributed by atoms with Crippen LogP contribution in [0.15, 0.2) is 12.2 Å². The summed E-state index contributed by atoms with van der Waals surface area (Å²) in [5.41, 5.74) is 0.402. The lowest BCUT2D eigenvalue weighted by atomic mass is 10.4. The van der Waals surface area contributed by atoms with Crippen LogP contribution < -0.4 is 0 Å². The molecule has 0 aromatic rings. The van der Waals surface area contributed by atoms with Gasteiger partial charge in [-0.3, -0.25) is 4.79 Å². The van der Waals surface area contributed by atoms with Crippen molar-refractivity contribution in [1.29, 1.82) is 0 Å². The highest BCUT2D eigenvalue weighted by Crippen LogP contribution is 2.03. The molecule has 0 N–H and O–H groups in total. The maximum Gasteiger partial charge on any atom is 0.333 e. The molecule has 0 radical (unpaired) electrons. The maximum absolute atomic E-state index is 10.8. The second-order valence-electron chi connectivity index (χ2n) is 2.61. The van der Waals surface area contributed by atoms with Gasteiger partial charge in [-0.05, 0) is 13.3 Å². The van der Waals surface area contributed by atoms with E-state index >= 15 is 0 Å². The highest BCUT2D eigenvalue weighted by atomic mass is 32.2. The summed E-state index contributed by atoms with van der Waals surface area (Å²) in [5, 5.41) is 0.0891. The van der Waals surface area contributed by atoms with Gasteiger partial charge in [0.1, 0.15) is 0 Å². The van der Waals surface area contributed by atoms with Crippen LogP contribution in [0.3, 0.4) is 0 Å². The fourth-order valence-electron chi connectivity index (χ4n) is 0.563. The minimum absolute atomic E-state index is 0.0891. The molecule has 13 heavy (non-hydrogen) atoms. The molecule has 0 spiro atoms. The zero-order chi connectivity index (χ0) is 10.3. The van der Waals surface area contributed by atoms with E-state index in [0.717, 1.165) is 0 Å². The second-order valence-corrected chi connectivity index (χ2v) is 3.88. The van der Waals surface area contributed by atoms with Gasteiger partial charge in [0.2, 0.25) is 0 Å². The van der Waals surface area contributed by atoms with Crippen molar-refractivity contribution < 1.29 is 14.3 Å². The quantitative estimate of drug-likeness (QED) is 0.387. The normalized spacial score (nSPS) is 9.38. The Morgan fingerprint density at radius 3 is 2.46 bits per heavy atom. The molecule has 0 aliphatic heterocycles. The number of thioether (sulfide) groups is 1. The van der Waals surface area contributed by atoms with Crippen LogP contribution in [-0.4, -0.2) is 23.4 Å². The van der Waals surface area contributed by atoms with Gasteiger partial charge in [-0.2, -0.15) is 0 Å². The van der Waals surface area contributed by atoms with Gasteiger partial charge < -0.3 is 4.74 Å². The molecule has 0 aliphatic carbocycles. The third-order valence-corrected chi connectivity index (χ3v) is 2.07. The predicted molar refractivity (Wildman–Crippen MR) is 53.5 cm³/mol. The Hall–Kier alpha value is -0.770. The first-order valence-electron chi connectivity index (χ1n) is 4.00. The number of rotatable bonds is 5. The van der Waals surface area contributed by atoms with Gasteiger partial charge in [-0.1, -0.05) is 18.3 Å². The standard InChI is InChI=1S/C9H14O3S/c1-7(2)9(11)12-5-4-6-13-8(3)10/h1,4-6H2,2-3H3. The van der Waals surface area contributed by atoms with Crippen molar-refractivity contribution in [1.82, 2.24) is 0 Å². The zero-order valence-electron chi connectivity index (χ0n) is 7.96. The third-order valence-electron chi connectivity index (χ3n) is 1.18. The van der Waals surface area contributed by atoms with Gasteiger partial charge in [0, 0.05) is 18.2 Å². The molecule has 0 fully saturated rings. The maximum atomic E-state index is 10.8. The number of hydrogen-bond acceptors (Lipinski definition) is 4. The molecule has 0 saturated carbocycles. The van der Waals surface area contributed by atoms with Gasteiger partial charge in [-0.15, -0.1) is 0 Å². The van der Waals surface area contributed by atoms with E-state index in [1.807, 2.05) is 0 Å². The Morgan fingerprint density at radius 1 is 1.38 bits per heavy atom. The van der Waals surface area contributed by atoms with Crippen LogP contribution in [0.25, 0.3) is 0 Å². The number of esters is 1. The van der Waals surface area contributed by atoms with Crippen molar-refractivity contribution in [2.45, 2.75) is 20.3 Å². The molecule has 0 aromatic carbocycles. The Labute approximate surface area is 82.5 Å². The molecule has 0 saturated heterocycles. The average Bonchev–Trinajstić information content (AvgIpc) is 2.02. The Bertz CT molecular complexity index is 211. The molecule has 0 amide bonds. The molecule has 0 unspecified atom stereocenters. The van der Waals surface area contributed by atoms with Crippen LogP contribution in [0.4, 0.5) is 0 Å². The van der Waals surface area contributed by atoms with Crippen molar-refractivity contribution in [3.63, 3.8) is 0 Å². The molecule has 0 rings (SSSR count). The van der Waals surface area contributed by atoms with E-state index in [1.165, 1.54) is 18.7 Å². The minimum atomic E-state index is -0.368. The summed E-state index contributed by atoms with van der Waals surface area (Å²) >= 11 is 1.24. The largest absolute Gasteiger partial charge is 0.462 e. The monoisotopic (exact) mass is 202 g/mol. The molecule has 74 valence electrons. The summed E-state index contributed by atoms with van der Waals surface area (Å²) in [6.45, 7) is 6.92. The molecular formula is C9H14O3S. The van der Waals surface area contributed by atoms with Crippen molar-refractivity contribution in [2.24, 2.45) is 0 Å². The Balaban J connectivity index is 3.31. The number of carbonyl (C=O) groups is 2. The van der Waals surface area contributed by atoms with E-state index in [4.69, 9.17) is 4.74 Å². The SMILES string of the molecule is C=C(C)C(=O)OCCCSC(C)=O. The third kappa shape index (κ3) is 7.59. The Kier molecular flexibility index (Phi) is 6.32. The van der Waals surface area contributed by atoms with E-state index in [1.54, 1.807) is 6.92 Å². The lowest BCUT2D eigenvalue weighted by molar-refractivity contribution is -0.138. The van der Waals surface area contributed by atoms with Crippen molar-refractivity contribution in [3.8, 4) is 0 Å². The summed E-state index contributed by atoms with van der Waals surface area (Å²) in [6, 6.07) is 0. The number of ether oxygens (including phenoxy) is 1. The molecule has 0 atom stereocenters. The molecule has 0 aliphatic rings. The molecule has 0 heterocycles. The Morgan fingerprint density at radius 2 is 2.00 bits per heavy atom. The van der Waals surface area contributed by atoms with Crippen LogP contribution in [0.1, 0.15) is 20.3 Å². The van der Waals surface area contributed by atoms with Gasteiger partial charge in [-0.25, -0.2) is 4.79 Å². The highest BCUT2D eigenvalue weighted by Gasteiger charge is 2.02. The first kappa shape index (κ1) is 12.2. The van der Waals surface area contributed by atoms with Crippen LogP contribution in [-0.2, 0) is 14.3 Å². The summed E-state index contributed by atoms with van der Waals surface area (Å²) < 4.78 is 4.82. The van der Waals surface area contributed by atoms with E-state index < -0.39 is 0 Å². The number of hydrogen-bond donors (Lipinski definition) is 0. The van der Waals surface area contributed by atoms with Gasteiger partial charge >= 0.3 is 5.97 Å². The summed E-state index contributed by atoms with van der Waals surface area (Å²) in [6.07, 6.45) is 0.698. The zero-order valence-corrected chi connectivity index (χ0v) is 8.78. The van der Waals surface area contributed by atoms with E-state index in [-0.39, 0.29) is 11.1 Å². The van der Waals surface area contributed by atoms with Crippen LogP contribution in [0, 0.1) is 0 Å². The lowest BCUT2D eigenvalue weighted by Gasteiger charge is -2.02. The van der Waals surface area contributed by atoms with E-state index in [2.05, 4.69) is 6.58 Å². The first-order valence-corrected chi connectivity index (χ1v) is 4.98. The van der Waals surface area contributed by atoms with Gasteiger partial charge in [0.15, 0.2) is 5.12 Å². The number of carbonyl (C=O) groups excluding carboxylic acids is 2. The molecule has 0 aromatic heterocycles. The predicted octanol–water partition coefficient (Wildman–Crippen LogP) is 1.78. The average molecular weight is 202 g/mol. The highest BCUT2D eigenvalue weighted by molar-refractivity contribution is 8.13. The van der Waals surface area contributed by atoms with Crippen LogP contribution in [0.2, 0.25) is 0 Å². The topological polar surface area (TPSA) is 43.4 Å². The second kappa shape index (κ2) is 6.71. The van der Waals surface area contributed by atoms with Crippen molar-refractivity contribution >= 4 is 22.8 Å². The minimum Gasteiger partial charge on any atom is -0.462 e. The van der Waals surface area contributed by atoms with E-state index in [0.29, 0.717) is 24.4 Å². The smallest absolute Gasteiger partial charge is 0.333 e. The fourth-order valence-corrected chi connectivity index (χ4v) is 1.11. The lowest BCUT2D eigenvalue weighted by Crippen LogP contribution is -2.06. The van der Waals surface area contributed by atoms with Crippen molar-refractivity contribution in [2.75, 3.05) is 12.4 Å². The summed E-state index contributed by atoms with van der Waals surface area (Å²) in [5.74, 6) is 0.326. The van der Waals surface area contributed by atoms with Crippen LogP contribution >= 0.6 is 11.8 Å². The molecule has 0 bridgehead atoms. The van der Waals surface area contributed by atoms with Gasteiger partial charge in [0.25, 0.3) is 0 Å². The van der Waals surface area contributed by atoms with Crippen molar-refractivity contribution in [3.05, 3.63) is 12.2 Å². The fraction of sp³-hybridized carbons (Fsp3) is 0.556. The summed E-state index contributed by atoms with van der Waals surface area (Å²) in [7, 11) is 0. The molecule has 3 nitrogen and oxygen atoms in total. The van der Waals surface area contributed by atoms with Crippen LogP contribution in [0.5, 0.6) is 0 Å². The van der Waals surface area contributed by atoms with Gasteiger partial charge in [0.05, 0.1) is 6.61 Å². The molecular weight excluding hydrogens is 188 g/mol. The molecule has 4 heteroatoms. The van der Waals surface area contributed by atoms with E-state index in [9.17, 15) is 9.59 Å². The summed E-state index contributed by atoms with van der Waals surface area (Å²) in [4.78, 5) is 21.3.